The van der Waals surface area contributed by atoms with E-state index in [1.807, 2.05) is 12.1 Å². The summed E-state index contributed by atoms with van der Waals surface area (Å²) in [6.07, 6.45) is 0. The second-order valence-electron chi connectivity index (χ2n) is 5.02. The Morgan fingerprint density at radius 1 is 0.864 bits per heavy atom. The molecule has 2 aromatic carbocycles. The lowest BCUT2D eigenvalue weighted by atomic mass is 9.98. The van der Waals surface area contributed by atoms with Crippen molar-refractivity contribution in [1.29, 1.82) is 0 Å². The first-order valence-corrected chi connectivity index (χ1v) is 6.66. The second-order valence-corrected chi connectivity index (χ2v) is 5.02. The lowest BCUT2D eigenvalue weighted by molar-refractivity contribution is -0.112. The number of nitrogens with one attached hydrogen (secondary N) is 1. The highest BCUT2D eigenvalue weighted by atomic mass is 16.4. The summed E-state index contributed by atoms with van der Waals surface area (Å²) in [6.45, 7) is 0. The van der Waals surface area contributed by atoms with Gasteiger partial charge in [0.15, 0.2) is 0 Å². The summed E-state index contributed by atoms with van der Waals surface area (Å²) in [5.74, 6) is -1.15. The molecule has 2 heterocycles. The topological polar surface area (TPSA) is 76.4 Å². The number of carbonyl (C=O) groups excluding carboxylic acids is 2. The van der Waals surface area contributed by atoms with Crippen LogP contribution in [0.2, 0.25) is 0 Å². The summed E-state index contributed by atoms with van der Waals surface area (Å²) in [5, 5.41) is 3.29. The van der Waals surface area contributed by atoms with Crippen LogP contribution in [-0.4, -0.2) is 11.7 Å². The number of ketones is 1. The van der Waals surface area contributed by atoms with Crippen molar-refractivity contribution in [2.75, 3.05) is 5.32 Å². The molecule has 1 amide bonds. The predicted octanol–water partition coefficient (Wildman–Crippen LogP) is 2.59. The third kappa shape index (κ3) is 1.76. The average molecular weight is 291 g/mol. The number of amides is 1. The molecule has 0 spiro atoms. The molecule has 0 fully saturated rings. The molecule has 106 valence electrons. The largest absolute Gasteiger partial charge is 0.423 e. The van der Waals surface area contributed by atoms with Gasteiger partial charge in [-0.2, -0.15) is 0 Å². The molecule has 0 atom stereocenters. The highest BCUT2D eigenvalue weighted by Gasteiger charge is 2.28. The molecule has 0 saturated heterocycles. The summed E-state index contributed by atoms with van der Waals surface area (Å²) in [4.78, 5) is 34.5. The first-order valence-electron chi connectivity index (χ1n) is 6.66. The Morgan fingerprint density at radius 2 is 1.73 bits per heavy atom. The molecule has 5 nitrogen and oxygen atoms in total. The minimum atomic E-state index is -0.615. The van der Waals surface area contributed by atoms with Crippen molar-refractivity contribution >= 4 is 28.3 Å². The smallest absolute Gasteiger partial charge is 0.336 e. The number of benzene rings is 2. The molecule has 0 bridgehead atoms. The van der Waals surface area contributed by atoms with Crippen molar-refractivity contribution < 1.29 is 14.0 Å². The van der Waals surface area contributed by atoms with Crippen LogP contribution in [-0.2, 0) is 4.79 Å². The van der Waals surface area contributed by atoms with Crippen LogP contribution in [0.5, 0.6) is 0 Å². The number of Topliss-reactive ketones (excluding diaryl/α,β-unsaturated/α-hetero) is 1. The standard InChI is InChI=1S/C17H9NO4/c19-15-7-5-11-10(2-1-3-14(11)22-15)9-4-6-13-12(8-9)16(20)17(21)18-13/h1-8H,(H,18,20,21). The van der Waals surface area contributed by atoms with E-state index < -0.39 is 17.3 Å². The maximum atomic E-state index is 11.8. The van der Waals surface area contributed by atoms with Crippen LogP contribution < -0.4 is 10.9 Å². The quantitative estimate of drug-likeness (QED) is 0.552. The van der Waals surface area contributed by atoms with Crippen LogP contribution in [0.4, 0.5) is 5.69 Å². The average Bonchev–Trinajstić information content (AvgIpc) is 2.81. The van der Waals surface area contributed by atoms with Gasteiger partial charge in [0.25, 0.3) is 11.7 Å². The maximum Gasteiger partial charge on any atom is 0.336 e. The number of hydrogen-bond donors (Lipinski definition) is 1. The zero-order valence-electron chi connectivity index (χ0n) is 11.3. The summed E-state index contributed by atoms with van der Waals surface area (Å²) < 4.78 is 5.17. The molecular weight excluding hydrogens is 282 g/mol. The lowest BCUT2D eigenvalue weighted by Crippen LogP contribution is -2.12. The minimum Gasteiger partial charge on any atom is -0.423 e. The van der Waals surface area contributed by atoms with Crippen molar-refractivity contribution in [3.8, 4) is 11.1 Å². The van der Waals surface area contributed by atoms with Gasteiger partial charge in [-0.05, 0) is 35.4 Å². The van der Waals surface area contributed by atoms with Crippen molar-refractivity contribution in [2.24, 2.45) is 0 Å². The molecule has 0 radical (unpaired) electrons. The van der Waals surface area contributed by atoms with Crippen LogP contribution >= 0.6 is 0 Å². The Morgan fingerprint density at radius 3 is 2.59 bits per heavy atom. The summed E-state index contributed by atoms with van der Waals surface area (Å²) in [5.41, 5.74) is 2.55. The van der Waals surface area contributed by atoms with E-state index in [0.29, 0.717) is 16.8 Å². The lowest BCUT2D eigenvalue weighted by Gasteiger charge is -2.07. The molecule has 3 aromatic rings. The third-order valence-corrected chi connectivity index (χ3v) is 3.69. The highest BCUT2D eigenvalue weighted by Crippen LogP contribution is 2.32. The number of anilines is 1. The van der Waals surface area contributed by atoms with Crippen molar-refractivity contribution in [2.45, 2.75) is 0 Å². The molecule has 22 heavy (non-hydrogen) atoms. The van der Waals surface area contributed by atoms with E-state index in [1.54, 1.807) is 30.3 Å². The van der Waals surface area contributed by atoms with Gasteiger partial charge in [-0.1, -0.05) is 18.2 Å². The fraction of sp³-hybridized carbons (Fsp3) is 0. The Labute approximate surface area is 124 Å². The molecule has 5 heteroatoms. The van der Waals surface area contributed by atoms with E-state index in [0.717, 1.165) is 16.5 Å². The fourth-order valence-corrected chi connectivity index (χ4v) is 2.66. The van der Waals surface area contributed by atoms with Crippen LogP contribution in [0.3, 0.4) is 0 Å². The molecule has 1 aromatic heterocycles. The third-order valence-electron chi connectivity index (χ3n) is 3.69. The molecule has 0 aliphatic carbocycles. The molecular formula is C17H9NO4. The van der Waals surface area contributed by atoms with Gasteiger partial charge in [0.2, 0.25) is 0 Å². The summed E-state index contributed by atoms with van der Waals surface area (Å²) in [6, 6.07) is 13.6. The van der Waals surface area contributed by atoms with Gasteiger partial charge in [-0.3, -0.25) is 9.59 Å². The van der Waals surface area contributed by atoms with Crippen LogP contribution in [0.1, 0.15) is 10.4 Å². The zero-order valence-corrected chi connectivity index (χ0v) is 11.3. The SMILES string of the molecule is O=C1Nc2ccc(-c3cccc4oc(=O)ccc34)cc2C1=O. The van der Waals surface area contributed by atoms with Gasteiger partial charge in [-0.25, -0.2) is 4.79 Å². The minimum absolute atomic E-state index is 0.358. The van der Waals surface area contributed by atoms with Gasteiger partial charge < -0.3 is 9.73 Å². The number of hydrogen-bond acceptors (Lipinski definition) is 4. The first-order chi connectivity index (χ1) is 10.6. The number of fused-ring (bicyclic) bond motifs is 2. The van der Waals surface area contributed by atoms with Gasteiger partial charge in [-0.15, -0.1) is 0 Å². The van der Waals surface area contributed by atoms with E-state index in [1.165, 1.54) is 6.07 Å². The Balaban J connectivity index is 1.96. The van der Waals surface area contributed by atoms with Gasteiger partial charge in [0, 0.05) is 11.5 Å². The normalized spacial score (nSPS) is 13.3. The van der Waals surface area contributed by atoms with Gasteiger partial charge in [0.05, 0.1) is 11.3 Å². The van der Waals surface area contributed by atoms with Gasteiger partial charge >= 0.3 is 5.63 Å². The van der Waals surface area contributed by atoms with Crippen LogP contribution in [0.15, 0.2) is 57.7 Å². The molecule has 1 N–H and O–H groups in total. The van der Waals surface area contributed by atoms with Crippen LogP contribution in [0.25, 0.3) is 22.1 Å². The van der Waals surface area contributed by atoms with E-state index >= 15 is 0 Å². The molecule has 4 rings (SSSR count). The fourth-order valence-electron chi connectivity index (χ4n) is 2.66. The predicted molar refractivity (Wildman–Crippen MR) is 80.9 cm³/mol. The van der Waals surface area contributed by atoms with Gasteiger partial charge in [0.1, 0.15) is 5.58 Å². The molecule has 1 aliphatic rings. The molecule has 1 aliphatic heterocycles. The van der Waals surface area contributed by atoms with E-state index in [2.05, 4.69) is 5.32 Å². The van der Waals surface area contributed by atoms with E-state index in [9.17, 15) is 14.4 Å². The zero-order chi connectivity index (χ0) is 15.3. The van der Waals surface area contributed by atoms with Crippen molar-refractivity contribution in [1.82, 2.24) is 0 Å². The Bertz CT molecular complexity index is 1020. The Hall–Kier alpha value is -3.21. The number of carbonyl (C=O) groups is 2. The van der Waals surface area contributed by atoms with E-state index in [4.69, 9.17) is 4.42 Å². The van der Waals surface area contributed by atoms with Crippen LogP contribution in [0, 0.1) is 0 Å². The van der Waals surface area contributed by atoms with E-state index in [-0.39, 0.29) is 0 Å². The van der Waals surface area contributed by atoms with Crippen molar-refractivity contribution in [3.63, 3.8) is 0 Å². The highest BCUT2D eigenvalue weighted by molar-refractivity contribution is 6.51. The second kappa shape index (κ2) is 4.39. The molecule has 0 saturated carbocycles. The summed E-state index contributed by atoms with van der Waals surface area (Å²) >= 11 is 0. The summed E-state index contributed by atoms with van der Waals surface area (Å²) in [7, 11) is 0. The van der Waals surface area contributed by atoms with Crippen molar-refractivity contribution in [3.05, 3.63) is 64.5 Å². The monoisotopic (exact) mass is 291 g/mol. The molecule has 0 unspecified atom stereocenters. The Kier molecular flexibility index (Phi) is 2.50. The number of rotatable bonds is 1. The first kappa shape index (κ1) is 12.5. The maximum absolute atomic E-state index is 11.8.